The van der Waals surface area contributed by atoms with Crippen molar-refractivity contribution < 1.29 is 22.8 Å². The van der Waals surface area contributed by atoms with E-state index in [0.29, 0.717) is 17.8 Å². The number of quaternary nitrogens is 1. The molecule has 1 saturated heterocycles. The van der Waals surface area contributed by atoms with Gasteiger partial charge in [-0.05, 0) is 45.5 Å². The van der Waals surface area contributed by atoms with Crippen LogP contribution in [-0.2, 0) is 19.6 Å². The Bertz CT molecular complexity index is 695. The monoisotopic (exact) mass is 356 g/mol. The maximum absolute atomic E-state index is 12.3. The van der Waals surface area contributed by atoms with Crippen LogP contribution < -0.4 is 14.9 Å². The highest BCUT2D eigenvalue weighted by Crippen LogP contribution is 2.19. The lowest BCUT2D eigenvalue weighted by molar-refractivity contribution is -0.907. The zero-order valence-corrected chi connectivity index (χ0v) is 15.4. The Morgan fingerprint density at radius 3 is 2.50 bits per heavy atom. The summed E-state index contributed by atoms with van der Waals surface area (Å²) in [7, 11) is -2.19. The van der Waals surface area contributed by atoms with Crippen LogP contribution in [0.2, 0.25) is 0 Å². The van der Waals surface area contributed by atoms with E-state index in [4.69, 9.17) is 4.74 Å². The van der Waals surface area contributed by atoms with Crippen molar-refractivity contribution in [1.29, 1.82) is 0 Å². The minimum atomic E-state index is -3.55. The molecule has 1 aliphatic heterocycles. The zero-order chi connectivity index (χ0) is 17.9. The van der Waals surface area contributed by atoms with E-state index in [0.717, 1.165) is 18.0 Å². The molecule has 7 nitrogen and oxygen atoms in total. The predicted octanol–water partition coefficient (Wildman–Crippen LogP) is -0.466. The second-order valence-corrected chi connectivity index (χ2v) is 8.18. The molecule has 1 aliphatic rings. The molecule has 8 heteroatoms. The molecule has 1 fully saturated rings. The van der Waals surface area contributed by atoms with Crippen LogP contribution in [0, 0.1) is 6.92 Å². The average Bonchev–Trinajstić information content (AvgIpc) is 2.47. The first-order chi connectivity index (χ1) is 11.2. The van der Waals surface area contributed by atoms with Gasteiger partial charge in [-0.15, -0.1) is 0 Å². The van der Waals surface area contributed by atoms with Crippen molar-refractivity contribution in [3.63, 3.8) is 0 Å². The largest absolute Gasteiger partial charge is 0.364 e. The third kappa shape index (κ3) is 4.76. The predicted molar refractivity (Wildman–Crippen MR) is 91.6 cm³/mol. The molecule has 3 atom stereocenters. The molecule has 1 aromatic rings. The van der Waals surface area contributed by atoms with Gasteiger partial charge >= 0.3 is 0 Å². The van der Waals surface area contributed by atoms with Crippen molar-refractivity contribution in [2.24, 2.45) is 0 Å². The molecule has 0 saturated carbocycles. The molecule has 3 N–H and O–H groups in total. The van der Waals surface area contributed by atoms with Gasteiger partial charge in [0, 0.05) is 5.69 Å². The summed E-state index contributed by atoms with van der Waals surface area (Å²) in [6.07, 6.45) is 0.256. The van der Waals surface area contributed by atoms with Gasteiger partial charge in [0.1, 0.15) is 25.3 Å². The van der Waals surface area contributed by atoms with E-state index in [2.05, 4.69) is 10.0 Å². The van der Waals surface area contributed by atoms with Gasteiger partial charge < -0.3 is 15.0 Å². The van der Waals surface area contributed by atoms with Crippen LogP contribution >= 0.6 is 0 Å². The fourth-order valence-corrected chi connectivity index (χ4v) is 4.04. The molecule has 2 rings (SSSR count). The summed E-state index contributed by atoms with van der Waals surface area (Å²) in [5.41, 5.74) is 1.11. The molecule has 0 radical (unpaired) electrons. The van der Waals surface area contributed by atoms with Crippen molar-refractivity contribution >= 4 is 21.6 Å². The topological polar surface area (TPSA) is 88.9 Å². The Morgan fingerprint density at radius 2 is 1.92 bits per heavy atom. The minimum absolute atomic E-state index is 0.128. The summed E-state index contributed by atoms with van der Waals surface area (Å²) in [6, 6.07) is 4.88. The number of ether oxygens (including phenoxy) is 1. The van der Waals surface area contributed by atoms with Crippen LogP contribution in [-0.4, -0.2) is 53.2 Å². The highest BCUT2D eigenvalue weighted by Gasteiger charge is 2.27. The van der Waals surface area contributed by atoms with Crippen LogP contribution in [0.3, 0.4) is 0 Å². The molecule has 1 heterocycles. The lowest BCUT2D eigenvalue weighted by atomic mass is 10.2. The van der Waals surface area contributed by atoms with Crippen LogP contribution in [0.4, 0.5) is 5.69 Å². The number of nitrogens with one attached hydrogen (secondary N) is 3. The van der Waals surface area contributed by atoms with E-state index in [9.17, 15) is 13.2 Å². The van der Waals surface area contributed by atoms with Crippen LogP contribution in [0.1, 0.15) is 19.4 Å². The van der Waals surface area contributed by atoms with E-state index in [-0.39, 0.29) is 23.0 Å². The van der Waals surface area contributed by atoms with Crippen LogP contribution in [0.25, 0.3) is 0 Å². The van der Waals surface area contributed by atoms with Crippen molar-refractivity contribution in [3.05, 3.63) is 23.8 Å². The lowest BCUT2D eigenvalue weighted by Gasteiger charge is -2.31. The number of morpholine rings is 1. The Kier molecular flexibility index (Phi) is 5.97. The quantitative estimate of drug-likeness (QED) is 0.666. The second-order valence-electron chi connectivity index (χ2n) is 6.33. The number of hydrogen-bond donors (Lipinski definition) is 3. The van der Waals surface area contributed by atoms with Crippen LogP contribution in [0.15, 0.2) is 23.1 Å². The number of hydrogen-bond acceptors (Lipinski definition) is 4. The smallest absolute Gasteiger partial charge is 0.279 e. The first kappa shape index (κ1) is 18.9. The van der Waals surface area contributed by atoms with Crippen molar-refractivity contribution in [1.82, 2.24) is 4.72 Å². The van der Waals surface area contributed by atoms with Crippen LogP contribution in [0.5, 0.6) is 0 Å². The highest BCUT2D eigenvalue weighted by molar-refractivity contribution is 7.89. The van der Waals surface area contributed by atoms with E-state index in [1.165, 1.54) is 13.1 Å². The van der Waals surface area contributed by atoms with Crippen molar-refractivity contribution in [2.45, 2.75) is 37.9 Å². The molecule has 0 aliphatic carbocycles. The normalized spacial score (nSPS) is 24.6. The summed E-state index contributed by atoms with van der Waals surface area (Å²) in [6.45, 7) is 7.62. The molecule has 1 amide bonds. The Morgan fingerprint density at radius 1 is 1.29 bits per heavy atom. The third-order valence-electron chi connectivity index (χ3n) is 4.06. The Labute approximate surface area is 143 Å². The molecule has 0 bridgehead atoms. The van der Waals surface area contributed by atoms with E-state index < -0.39 is 10.0 Å². The van der Waals surface area contributed by atoms with Gasteiger partial charge in [0.05, 0.1) is 4.90 Å². The summed E-state index contributed by atoms with van der Waals surface area (Å²) in [5.74, 6) is -0.136. The lowest BCUT2D eigenvalue weighted by Crippen LogP contribution is -3.16. The molecular weight excluding hydrogens is 330 g/mol. The molecule has 24 heavy (non-hydrogen) atoms. The molecule has 0 aromatic heterocycles. The van der Waals surface area contributed by atoms with Crippen molar-refractivity contribution in [3.8, 4) is 0 Å². The zero-order valence-electron chi connectivity index (χ0n) is 14.5. The number of carbonyl (C=O) groups is 1. The fraction of sp³-hybridized carbons (Fsp3) is 0.562. The molecule has 134 valence electrons. The van der Waals surface area contributed by atoms with Gasteiger partial charge in [-0.25, -0.2) is 13.1 Å². The van der Waals surface area contributed by atoms with Gasteiger partial charge in [0.15, 0.2) is 6.54 Å². The molecular formula is C16H26N3O4S+. The van der Waals surface area contributed by atoms with Gasteiger partial charge in [-0.2, -0.15) is 0 Å². The number of anilines is 1. The average molecular weight is 356 g/mol. The first-order valence-electron chi connectivity index (χ1n) is 8.04. The minimum Gasteiger partial charge on any atom is -0.364 e. The molecule has 1 unspecified atom stereocenters. The maximum Gasteiger partial charge on any atom is 0.279 e. The molecule has 0 spiro atoms. The number of aryl methyl sites for hydroxylation is 1. The first-order valence-corrected chi connectivity index (χ1v) is 9.52. The Hall–Kier alpha value is -1.48. The maximum atomic E-state index is 12.3. The van der Waals surface area contributed by atoms with Gasteiger partial charge in [-0.3, -0.25) is 4.79 Å². The second kappa shape index (κ2) is 7.60. The van der Waals surface area contributed by atoms with Crippen molar-refractivity contribution in [2.75, 3.05) is 32.0 Å². The standard InChI is InChI=1S/C16H25N3O4S/c1-11-5-6-14(7-15(11)24(21,22)17-4)18-16(20)10-19-8-12(2)23-13(3)9-19/h5-7,12-13,17H,8-10H2,1-4H3,(H,18,20)/p+1/t12-,13+. The number of rotatable bonds is 5. The number of carbonyl (C=O) groups excluding carboxylic acids is 1. The van der Waals surface area contributed by atoms with Gasteiger partial charge in [0.25, 0.3) is 5.91 Å². The number of benzene rings is 1. The van der Waals surface area contributed by atoms with E-state index >= 15 is 0 Å². The summed E-state index contributed by atoms with van der Waals surface area (Å²) < 4.78 is 32.0. The summed E-state index contributed by atoms with van der Waals surface area (Å²) in [4.78, 5) is 13.6. The van der Waals surface area contributed by atoms with E-state index in [1.807, 2.05) is 13.8 Å². The summed E-state index contributed by atoms with van der Waals surface area (Å²) >= 11 is 0. The third-order valence-corrected chi connectivity index (χ3v) is 5.61. The van der Waals surface area contributed by atoms with Gasteiger partial charge in [0.2, 0.25) is 10.0 Å². The highest BCUT2D eigenvalue weighted by atomic mass is 32.2. The molecule has 1 aromatic carbocycles. The SMILES string of the molecule is CNS(=O)(=O)c1cc(NC(=O)C[NH+]2C[C@@H](C)O[C@@H](C)C2)ccc1C. The van der Waals surface area contributed by atoms with Gasteiger partial charge in [-0.1, -0.05) is 6.07 Å². The number of amides is 1. The van der Waals surface area contributed by atoms with E-state index in [1.54, 1.807) is 19.1 Å². The summed E-state index contributed by atoms with van der Waals surface area (Å²) in [5, 5.41) is 2.79. The fourth-order valence-electron chi connectivity index (χ4n) is 3.04. The number of sulfonamides is 1. The Balaban J connectivity index is 2.05.